The average molecular weight is 407 g/mol. The number of para-hydroxylation sites is 2. The van der Waals surface area contributed by atoms with Crippen LogP contribution in [0, 0.1) is 10.1 Å². The van der Waals surface area contributed by atoms with Crippen molar-refractivity contribution in [1.29, 1.82) is 0 Å². The minimum absolute atomic E-state index is 0.0692. The molecular weight excluding hydrogens is 392 g/mol. The number of benzene rings is 3. The second-order valence-corrected chi connectivity index (χ2v) is 6.81. The van der Waals surface area contributed by atoms with E-state index >= 15 is 0 Å². The van der Waals surface area contributed by atoms with Gasteiger partial charge in [0, 0.05) is 24.2 Å². The molecule has 0 bridgehead atoms. The lowest BCUT2D eigenvalue weighted by Crippen LogP contribution is -2.23. The van der Waals surface area contributed by atoms with E-state index in [1.54, 1.807) is 0 Å². The zero-order valence-corrected chi connectivity index (χ0v) is 15.8. The standard InChI is InChI=1S/C21H15ClN4O3/c22-17-10-9-15(26(28)29)11-16(17)21(27)23-12-13-5-7-14(8-6-13)20-24-18-3-1-2-4-19(18)25-20/h1-11H,12H2,(H,23,27)(H,24,25). The van der Waals surface area contributed by atoms with Crippen molar-refractivity contribution < 1.29 is 9.72 Å². The first-order valence-electron chi connectivity index (χ1n) is 8.77. The van der Waals surface area contributed by atoms with Crippen molar-refractivity contribution in [3.63, 3.8) is 0 Å². The minimum Gasteiger partial charge on any atom is -0.348 e. The van der Waals surface area contributed by atoms with Gasteiger partial charge in [-0.25, -0.2) is 4.98 Å². The number of hydrogen-bond donors (Lipinski definition) is 2. The van der Waals surface area contributed by atoms with Gasteiger partial charge >= 0.3 is 0 Å². The first-order valence-corrected chi connectivity index (χ1v) is 9.15. The number of H-pyrrole nitrogens is 1. The number of nitrogens with zero attached hydrogens (tertiary/aromatic N) is 2. The SMILES string of the molecule is O=C(NCc1ccc(-c2nc3ccccc3[nH]2)cc1)c1cc([N+](=O)[O-])ccc1Cl. The van der Waals surface area contributed by atoms with Crippen LogP contribution >= 0.6 is 11.6 Å². The Morgan fingerprint density at radius 2 is 1.86 bits per heavy atom. The van der Waals surface area contributed by atoms with Crippen molar-refractivity contribution in [2.24, 2.45) is 0 Å². The van der Waals surface area contributed by atoms with E-state index in [1.807, 2.05) is 48.5 Å². The normalized spacial score (nSPS) is 10.8. The van der Waals surface area contributed by atoms with E-state index in [-0.39, 0.29) is 22.8 Å². The molecule has 0 aliphatic carbocycles. The lowest BCUT2D eigenvalue weighted by molar-refractivity contribution is -0.384. The van der Waals surface area contributed by atoms with Gasteiger partial charge in [-0.15, -0.1) is 0 Å². The van der Waals surface area contributed by atoms with E-state index in [0.29, 0.717) is 0 Å². The number of amides is 1. The predicted octanol–water partition coefficient (Wildman–Crippen LogP) is 4.72. The Labute approximate surface area is 170 Å². The van der Waals surface area contributed by atoms with Crippen molar-refractivity contribution in [1.82, 2.24) is 15.3 Å². The van der Waals surface area contributed by atoms with Gasteiger partial charge < -0.3 is 10.3 Å². The van der Waals surface area contributed by atoms with Crippen LogP contribution in [0.25, 0.3) is 22.4 Å². The quantitative estimate of drug-likeness (QED) is 0.369. The van der Waals surface area contributed by atoms with Crippen LogP contribution in [0.3, 0.4) is 0 Å². The molecular formula is C21H15ClN4O3. The molecule has 0 radical (unpaired) electrons. The van der Waals surface area contributed by atoms with Crippen molar-refractivity contribution >= 4 is 34.2 Å². The first kappa shape index (κ1) is 18.6. The molecule has 0 atom stereocenters. The van der Waals surface area contributed by atoms with Gasteiger partial charge in [0.05, 0.1) is 26.5 Å². The molecule has 0 aliphatic heterocycles. The third kappa shape index (κ3) is 3.95. The highest BCUT2D eigenvalue weighted by Crippen LogP contribution is 2.23. The maximum absolute atomic E-state index is 12.4. The molecule has 7 nitrogen and oxygen atoms in total. The highest BCUT2D eigenvalue weighted by Gasteiger charge is 2.15. The van der Waals surface area contributed by atoms with Crippen LogP contribution < -0.4 is 5.32 Å². The molecule has 1 amide bonds. The average Bonchev–Trinajstić information content (AvgIpc) is 3.17. The number of nitrogens with one attached hydrogen (secondary N) is 2. The molecule has 4 aromatic rings. The fraction of sp³-hybridized carbons (Fsp3) is 0.0476. The summed E-state index contributed by atoms with van der Waals surface area (Å²) in [5.74, 6) is 0.297. The molecule has 1 heterocycles. The Morgan fingerprint density at radius 1 is 1.10 bits per heavy atom. The summed E-state index contributed by atoms with van der Waals surface area (Å²) in [7, 11) is 0. The van der Waals surface area contributed by atoms with E-state index in [0.717, 1.165) is 28.0 Å². The molecule has 0 unspecified atom stereocenters. The minimum atomic E-state index is -0.566. The van der Waals surface area contributed by atoms with Gasteiger partial charge in [-0.3, -0.25) is 14.9 Å². The Hall–Kier alpha value is -3.71. The summed E-state index contributed by atoms with van der Waals surface area (Å²) >= 11 is 6.01. The maximum atomic E-state index is 12.4. The maximum Gasteiger partial charge on any atom is 0.270 e. The monoisotopic (exact) mass is 406 g/mol. The molecule has 0 aliphatic rings. The van der Waals surface area contributed by atoms with Crippen molar-refractivity contribution in [3.8, 4) is 11.4 Å². The summed E-state index contributed by atoms with van der Waals surface area (Å²) in [4.78, 5) is 30.5. The fourth-order valence-corrected chi connectivity index (χ4v) is 3.15. The van der Waals surface area contributed by atoms with Gasteiger partial charge in [0.2, 0.25) is 0 Å². The third-order valence-corrected chi connectivity index (χ3v) is 4.80. The van der Waals surface area contributed by atoms with Crippen LogP contribution in [-0.2, 0) is 6.54 Å². The number of rotatable bonds is 5. The van der Waals surface area contributed by atoms with E-state index in [4.69, 9.17) is 11.6 Å². The molecule has 144 valence electrons. The van der Waals surface area contributed by atoms with Gasteiger partial charge in [0.25, 0.3) is 11.6 Å². The van der Waals surface area contributed by atoms with Gasteiger partial charge in [0.1, 0.15) is 5.82 Å². The van der Waals surface area contributed by atoms with Gasteiger partial charge in [-0.1, -0.05) is 48.0 Å². The van der Waals surface area contributed by atoms with E-state index in [9.17, 15) is 14.9 Å². The second kappa shape index (κ2) is 7.73. The summed E-state index contributed by atoms with van der Waals surface area (Å²) in [6, 6.07) is 19.2. The first-order chi connectivity index (χ1) is 14.0. The van der Waals surface area contributed by atoms with Crippen LogP contribution in [0.15, 0.2) is 66.7 Å². The highest BCUT2D eigenvalue weighted by atomic mass is 35.5. The summed E-state index contributed by atoms with van der Waals surface area (Å²) in [6.45, 7) is 0.262. The largest absolute Gasteiger partial charge is 0.348 e. The molecule has 4 rings (SSSR count). The number of carbonyl (C=O) groups is 1. The number of nitro groups is 1. The fourth-order valence-electron chi connectivity index (χ4n) is 2.95. The number of nitro benzene ring substituents is 1. The topological polar surface area (TPSA) is 101 Å². The Kier molecular flexibility index (Phi) is 4.97. The van der Waals surface area contributed by atoms with Crippen LogP contribution in [-0.4, -0.2) is 20.8 Å². The molecule has 0 saturated carbocycles. The number of hydrogen-bond acceptors (Lipinski definition) is 4. The molecule has 0 spiro atoms. The zero-order valence-electron chi connectivity index (χ0n) is 15.1. The summed E-state index contributed by atoms with van der Waals surface area (Å²) < 4.78 is 0. The molecule has 1 aromatic heterocycles. The van der Waals surface area contributed by atoms with E-state index in [2.05, 4.69) is 15.3 Å². The Balaban J connectivity index is 1.46. The van der Waals surface area contributed by atoms with E-state index < -0.39 is 10.8 Å². The lowest BCUT2D eigenvalue weighted by atomic mass is 10.1. The number of aromatic amines is 1. The molecule has 0 saturated heterocycles. The predicted molar refractivity (Wildman–Crippen MR) is 111 cm³/mol. The van der Waals surface area contributed by atoms with Crippen LogP contribution in [0.5, 0.6) is 0 Å². The number of aromatic nitrogens is 2. The summed E-state index contributed by atoms with van der Waals surface area (Å²) in [6.07, 6.45) is 0. The highest BCUT2D eigenvalue weighted by molar-refractivity contribution is 6.33. The van der Waals surface area contributed by atoms with Crippen LogP contribution in [0.2, 0.25) is 5.02 Å². The Morgan fingerprint density at radius 3 is 2.59 bits per heavy atom. The number of halogens is 1. The number of imidazole rings is 1. The van der Waals surface area contributed by atoms with Gasteiger partial charge in [-0.2, -0.15) is 0 Å². The molecule has 29 heavy (non-hydrogen) atoms. The van der Waals surface area contributed by atoms with Crippen molar-refractivity contribution in [2.45, 2.75) is 6.54 Å². The van der Waals surface area contributed by atoms with E-state index in [1.165, 1.54) is 18.2 Å². The third-order valence-electron chi connectivity index (χ3n) is 4.48. The van der Waals surface area contributed by atoms with Crippen LogP contribution in [0.4, 0.5) is 5.69 Å². The Bertz CT molecular complexity index is 1190. The van der Waals surface area contributed by atoms with Gasteiger partial charge in [0.15, 0.2) is 0 Å². The molecule has 8 heteroatoms. The van der Waals surface area contributed by atoms with Crippen molar-refractivity contribution in [2.75, 3.05) is 0 Å². The van der Waals surface area contributed by atoms with Crippen molar-refractivity contribution in [3.05, 3.63) is 93.0 Å². The number of fused-ring (bicyclic) bond motifs is 1. The molecule has 2 N–H and O–H groups in total. The second-order valence-electron chi connectivity index (χ2n) is 6.40. The summed E-state index contributed by atoms with van der Waals surface area (Å²) in [5, 5.41) is 13.8. The molecule has 3 aromatic carbocycles. The smallest absolute Gasteiger partial charge is 0.270 e. The molecule has 0 fully saturated rings. The van der Waals surface area contributed by atoms with Crippen LogP contribution in [0.1, 0.15) is 15.9 Å². The number of non-ortho nitro benzene ring substituents is 1. The lowest BCUT2D eigenvalue weighted by Gasteiger charge is -2.07. The zero-order chi connectivity index (χ0) is 20.4. The summed E-state index contributed by atoms with van der Waals surface area (Å²) in [5.41, 5.74) is 3.55. The van der Waals surface area contributed by atoms with Gasteiger partial charge in [-0.05, 0) is 23.8 Å². The number of carbonyl (C=O) groups excluding carboxylic acids is 1.